The zero-order valence-corrected chi connectivity index (χ0v) is 13.0. The third-order valence-corrected chi connectivity index (χ3v) is 3.97. The number of ether oxygens (including phenoxy) is 1. The van der Waals surface area contributed by atoms with E-state index in [0.717, 1.165) is 25.7 Å². The van der Waals surface area contributed by atoms with E-state index in [2.05, 4.69) is 14.9 Å². The maximum atomic E-state index is 12.7. The molecule has 0 aliphatic heterocycles. The van der Waals surface area contributed by atoms with Crippen LogP contribution in [0.4, 0.5) is 0 Å². The van der Waals surface area contributed by atoms with Crippen LogP contribution in [0.15, 0.2) is 6.07 Å². The number of methoxy groups -OCH3 is 1. The van der Waals surface area contributed by atoms with E-state index in [4.69, 9.17) is 23.2 Å². The lowest BCUT2D eigenvalue weighted by molar-refractivity contribution is -0.141. The minimum Gasteiger partial charge on any atom is -0.468 e. The van der Waals surface area contributed by atoms with Crippen molar-refractivity contribution in [1.82, 2.24) is 15.1 Å². The Hall–Kier alpha value is -1.40. The van der Waals surface area contributed by atoms with E-state index in [0.29, 0.717) is 0 Å². The van der Waals surface area contributed by atoms with Crippen molar-refractivity contribution >= 4 is 35.1 Å². The van der Waals surface area contributed by atoms with Crippen molar-refractivity contribution < 1.29 is 14.3 Å². The maximum Gasteiger partial charge on any atom is 0.325 e. The van der Waals surface area contributed by atoms with Gasteiger partial charge in [0.15, 0.2) is 10.3 Å². The van der Waals surface area contributed by atoms with E-state index in [1.165, 1.54) is 18.1 Å². The van der Waals surface area contributed by atoms with Gasteiger partial charge in [-0.3, -0.25) is 9.59 Å². The number of hydrogen-bond donors (Lipinski definition) is 0. The minimum absolute atomic E-state index is 0.000363. The van der Waals surface area contributed by atoms with Gasteiger partial charge in [0.2, 0.25) is 0 Å². The highest BCUT2D eigenvalue weighted by Gasteiger charge is 2.31. The van der Waals surface area contributed by atoms with Crippen LogP contribution in [0, 0.1) is 0 Å². The van der Waals surface area contributed by atoms with Gasteiger partial charge in [-0.2, -0.15) is 0 Å². The molecule has 1 fully saturated rings. The second kappa shape index (κ2) is 7.04. The lowest BCUT2D eigenvalue weighted by atomic mass is 10.1. The molecule has 0 atom stereocenters. The summed E-state index contributed by atoms with van der Waals surface area (Å²) < 4.78 is 4.66. The molecule has 21 heavy (non-hydrogen) atoms. The monoisotopic (exact) mass is 331 g/mol. The van der Waals surface area contributed by atoms with Gasteiger partial charge >= 0.3 is 5.97 Å². The summed E-state index contributed by atoms with van der Waals surface area (Å²) >= 11 is 11.7. The van der Waals surface area contributed by atoms with Crippen LogP contribution in [0.1, 0.15) is 36.0 Å². The number of carbonyl (C=O) groups is 2. The van der Waals surface area contributed by atoms with Crippen molar-refractivity contribution in [2.75, 3.05) is 13.7 Å². The zero-order chi connectivity index (χ0) is 15.4. The summed E-state index contributed by atoms with van der Waals surface area (Å²) in [5.74, 6) is -0.853. The van der Waals surface area contributed by atoms with E-state index in [-0.39, 0.29) is 34.4 Å². The fourth-order valence-electron chi connectivity index (χ4n) is 2.44. The van der Waals surface area contributed by atoms with Crippen LogP contribution in [-0.2, 0) is 9.53 Å². The molecule has 0 radical (unpaired) electrons. The van der Waals surface area contributed by atoms with E-state index >= 15 is 0 Å². The van der Waals surface area contributed by atoms with Crippen molar-refractivity contribution in [1.29, 1.82) is 0 Å². The summed E-state index contributed by atoms with van der Waals surface area (Å²) in [7, 11) is 1.29. The highest BCUT2D eigenvalue weighted by Crippen LogP contribution is 2.26. The Morgan fingerprint density at radius 3 is 2.62 bits per heavy atom. The molecule has 2 rings (SSSR count). The van der Waals surface area contributed by atoms with Gasteiger partial charge in [-0.25, -0.2) is 0 Å². The third kappa shape index (κ3) is 3.83. The first-order valence-electron chi connectivity index (χ1n) is 6.59. The Balaban J connectivity index is 2.28. The van der Waals surface area contributed by atoms with Crippen LogP contribution in [0.3, 0.4) is 0 Å². The Bertz CT molecular complexity index is 547. The molecule has 114 valence electrons. The van der Waals surface area contributed by atoms with Crippen molar-refractivity contribution in [3.05, 3.63) is 21.9 Å². The van der Waals surface area contributed by atoms with Crippen LogP contribution in [0.2, 0.25) is 10.3 Å². The minimum atomic E-state index is -0.473. The number of halogens is 2. The number of carbonyl (C=O) groups excluding carboxylic acids is 2. The molecule has 0 aromatic carbocycles. The number of esters is 1. The number of hydrogen-bond acceptors (Lipinski definition) is 5. The van der Waals surface area contributed by atoms with E-state index < -0.39 is 5.97 Å². The van der Waals surface area contributed by atoms with Crippen molar-refractivity contribution in [3.8, 4) is 0 Å². The average Bonchev–Trinajstić information content (AvgIpc) is 3.00. The van der Waals surface area contributed by atoms with Gasteiger partial charge < -0.3 is 9.64 Å². The van der Waals surface area contributed by atoms with Gasteiger partial charge in [0.1, 0.15) is 6.54 Å². The maximum absolute atomic E-state index is 12.7. The van der Waals surface area contributed by atoms with Crippen LogP contribution < -0.4 is 0 Å². The van der Waals surface area contributed by atoms with Gasteiger partial charge in [0, 0.05) is 6.04 Å². The van der Waals surface area contributed by atoms with Crippen molar-refractivity contribution in [2.45, 2.75) is 31.7 Å². The van der Waals surface area contributed by atoms with Crippen molar-refractivity contribution in [2.24, 2.45) is 0 Å². The number of amides is 1. The molecule has 1 amide bonds. The van der Waals surface area contributed by atoms with E-state index in [1.54, 1.807) is 0 Å². The zero-order valence-electron chi connectivity index (χ0n) is 11.5. The molecule has 0 saturated heterocycles. The Kier molecular flexibility index (Phi) is 5.36. The summed E-state index contributed by atoms with van der Waals surface area (Å²) in [4.78, 5) is 25.7. The van der Waals surface area contributed by atoms with Crippen LogP contribution in [0.5, 0.6) is 0 Å². The first kappa shape index (κ1) is 16.0. The lowest BCUT2D eigenvalue weighted by Gasteiger charge is -2.28. The van der Waals surface area contributed by atoms with Gasteiger partial charge in [-0.1, -0.05) is 36.0 Å². The summed E-state index contributed by atoms with van der Waals surface area (Å²) in [6, 6.07) is 1.36. The molecule has 6 nitrogen and oxygen atoms in total. The van der Waals surface area contributed by atoms with Crippen LogP contribution in [-0.4, -0.2) is 46.7 Å². The Morgan fingerprint density at radius 1 is 1.33 bits per heavy atom. The lowest BCUT2D eigenvalue weighted by Crippen LogP contribution is -2.42. The molecular formula is C13H15Cl2N3O3. The highest BCUT2D eigenvalue weighted by atomic mass is 35.5. The highest BCUT2D eigenvalue weighted by molar-refractivity contribution is 6.34. The second-order valence-corrected chi connectivity index (χ2v) is 5.56. The molecule has 0 spiro atoms. The number of aromatic nitrogens is 2. The molecule has 0 bridgehead atoms. The molecular weight excluding hydrogens is 317 g/mol. The summed E-state index contributed by atoms with van der Waals surface area (Å²) in [6.07, 6.45) is 3.76. The predicted octanol–water partition coefficient (Wildman–Crippen LogP) is 2.34. The average molecular weight is 332 g/mol. The fraction of sp³-hybridized carbons (Fsp3) is 0.538. The van der Waals surface area contributed by atoms with E-state index in [9.17, 15) is 9.59 Å². The molecule has 1 aliphatic carbocycles. The fourth-order valence-corrected chi connectivity index (χ4v) is 2.76. The number of rotatable bonds is 4. The van der Waals surface area contributed by atoms with Gasteiger partial charge in [0.05, 0.1) is 12.7 Å². The van der Waals surface area contributed by atoms with Crippen molar-refractivity contribution in [3.63, 3.8) is 0 Å². The summed E-state index contributed by atoms with van der Waals surface area (Å²) in [5, 5.41) is 7.25. The molecule has 1 heterocycles. The first-order valence-corrected chi connectivity index (χ1v) is 7.35. The SMILES string of the molecule is COC(=O)CN(C(=O)c1cc(Cl)nnc1Cl)C1CCCC1. The molecule has 0 N–H and O–H groups in total. The van der Waals surface area contributed by atoms with Gasteiger partial charge in [0.25, 0.3) is 5.91 Å². The predicted molar refractivity (Wildman–Crippen MR) is 77.4 cm³/mol. The third-order valence-electron chi connectivity index (χ3n) is 3.50. The largest absolute Gasteiger partial charge is 0.468 e. The quantitative estimate of drug-likeness (QED) is 0.792. The van der Waals surface area contributed by atoms with E-state index in [1.807, 2.05) is 0 Å². The van der Waals surface area contributed by atoms with Gasteiger partial charge in [-0.15, -0.1) is 10.2 Å². The summed E-state index contributed by atoms with van der Waals surface area (Å²) in [6.45, 7) is -0.115. The normalized spacial score (nSPS) is 15.0. The molecule has 1 aliphatic rings. The topological polar surface area (TPSA) is 72.4 Å². The standard InChI is InChI=1S/C13H15Cl2N3O3/c1-21-11(19)7-18(8-4-2-3-5-8)13(20)9-6-10(14)16-17-12(9)15/h6,8H,2-5,7H2,1H3. The number of nitrogens with zero attached hydrogens (tertiary/aromatic N) is 3. The molecule has 1 aromatic heterocycles. The smallest absolute Gasteiger partial charge is 0.325 e. The molecule has 1 saturated carbocycles. The molecule has 8 heteroatoms. The van der Waals surface area contributed by atoms with Gasteiger partial charge in [-0.05, 0) is 18.9 Å². The second-order valence-electron chi connectivity index (χ2n) is 4.82. The summed E-state index contributed by atoms with van der Waals surface area (Å²) in [5.41, 5.74) is 0.146. The molecule has 1 aromatic rings. The van der Waals surface area contributed by atoms with Crippen LogP contribution >= 0.6 is 23.2 Å². The Morgan fingerprint density at radius 2 is 2.00 bits per heavy atom. The van der Waals surface area contributed by atoms with Crippen LogP contribution in [0.25, 0.3) is 0 Å². The molecule has 0 unspecified atom stereocenters. The first-order chi connectivity index (χ1) is 10.0. The Labute approximate surface area is 132 Å².